The fraction of sp³-hybridized carbons (Fsp3) is 0.533. The Labute approximate surface area is 125 Å². The summed E-state index contributed by atoms with van der Waals surface area (Å²) in [7, 11) is 0. The van der Waals surface area contributed by atoms with Crippen molar-refractivity contribution in [2.45, 2.75) is 34.1 Å². The maximum atomic E-state index is 12.2. The highest BCUT2D eigenvalue weighted by Gasteiger charge is 2.19. The summed E-state index contributed by atoms with van der Waals surface area (Å²) in [6, 6.07) is 1.83. The van der Waals surface area contributed by atoms with Gasteiger partial charge in [0.25, 0.3) is 0 Å². The summed E-state index contributed by atoms with van der Waals surface area (Å²) in [4.78, 5) is 12.2. The van der Waals surface area contributed by atoms with Crippen molar-refractivity contribution in [3.63, 3.8) is 0 Å². The molecule has 0 spiro atoms. The minimum atomic E-state index is -0.0202. The van der Waals surface area contributed by atoms with E-state index in [1.165, 1.54) is 0 Å². The van der Waals surface area contributed by atoms with Gasteiger partial charge >= 0.3 is 0 Å². The van der Waals surface area contributed by atoms with Crippen molar-refractivity contribution in [2.75, 3.05) is 12.5 Å². The van der Waals surface area contributed by atoms with Gasteiger partial charge in [0.15, 0.2) is 5.78 Å². The maximum absolute atomic E-state index is 12.2. The molecule has 0 aromatic heterocycles. The Kier molecular flexibility index (Phi) is 6.15. The first-order chi connectivity index (χ1) is 8.88. The van der Waals surface area contributed by atoms with Gasteiger partial charge in [-0.15, -0.1) is 11.6 Å². The van der Waals surface area contributed by atoms with E-state index in [1.54, 1.807) is 0 Å². The molecule has 0 unspecified atom stereocenters. The molecule has 106 valence electrons. The predicted octanol–water partition coefficient (Wildman–Crippen LogP) is 4.80. The maximum Gasteiger partial charge on any atom is 0.168 e. The molecule has 0 fully saturated rings. The van der Waals surface area contributed by atoms with E-state index in [9.17, 15) is 4.79 Å². The van der Waals surface area contributed by atoms with Crippen LogP contribution in [0.3, 0.4) is 0 Å². The Bertz CT molecular complexity index is 468. The lowest BCUT2D eigenvalue weighted by atomic mass is 9.99. The second-order valence-electron chi connectivity index (χ2n) is 5.07. The molecule has 1 rings (SSSR count). The van der Waals surface area contributed by atoms with Crippen molar-refractivity contribution in [1.82, 2.24) is 0 Å². The summed E-state index contributed by atoms with van der Waals surface area (Å²) < 4.78 is 5.76. The van der Waals surface area contributed by atoms with Crippen molar-refractivity contribution in [1.29, 1.82) is 0 Å². The van der Waals surface area contributed by atoms with Crippen LogP contribution in [0.4, 0.5) is 0 Å². The zero-order valence-electron chi connectivity index (χ0n) is 11.8. The van der Waals surface area contributed by atoms with Crippen LogP contribution in [-0.2, 0) is 0 Å². The fourth-order valence-corrected chi connectivity index (χ4v) is 2.17. The zero-order valence-corrected chi connectivity index (χ0v) is 13.4. The van der Waals surface area contributed by atoms with Crippen LogP contribution in [0, 0.1) is 19.8 Å². The SMILES string of the molecule is Cc1cc(OCC(C)C)c(C(=O)CCCl)c(C)c1Cl. The second-order valence-corrected chi connectivity index (χ2v) is 5.83. The quantitative estimate of drug-likeness (QED) is 0.557. The number of hydrogen-bond donors (Lipinski definition) is 0. The first-order valence-electron chi connectivity index (χ1n) is 6.40. The summed E-state index contributed by atoms with van der Waals surface area (Å²) in [6.07, 6.45) is 0.291. The summed E-state index contributed by atoms with van der Waals surface area (Å²) in [6.45, 7) is 8.46. The first kappa shape index (κ1) is 16.3. The van der Waals surface area contributed by atoms with Crippen molar-refractivity contribution >= 4 is 29.0 Å². The molecular weight excluding hydrogens is 283 g/mol. The number of benzene rings is 1. The normalized spacial score (nSPS) is 10.9. The standard InChI is InChI=1S/C15H20Cl2O2/c1-9(2)8-19-13-7-10(3)15(17)11(4)14(13)12(18)5-6-16/h7,9H,5-6,8H2,1-4H3. The summed E-state index contributed by atoms with van der Waals surface area (Å²) in [5, 5.41) is 0.620. The highest BCUT2D eigenvalue weighted by molar-refractivity contribution is 6.32. The van der Waals surface area contributed by atoms with Crippen LogP contribution in [0.2, 0.25) is 5.02 Å². The molecule has 1 aromatic carbocycles. The highest BCUT2D eigenvalue weighted by atomic mass is 35.5. The second kappa shape index (κ2) is 7.16. The van der Waals surface area contributed by atoms with E-state index < -0.39 is 0 Å². The molecule has 4 heteroatoms. The topological polar surface area (TPSA) is 26.3 Å². The molecule has 0 bridgehead atoms. The molecule has 0 radical (unpaired) electrons. The minimum Gasteiger partial charge on any atom is -0.493 e. The Hall–Kier alpha value is -0.730. The van der Waals surface area contributed by atoms with E-state index in [0.29, 0.717) is 41.2 Å². The third kappa shape index (κ3) is 4.12. The summed E-state index contributed by atoms with van der Waals surface area (Å²) in [5.41, 5.74) is 2.26. The average molecular weight is 303 g/mol. The minimum absolute atomic E-state index is 0.0202. The zero-order chi connectivity index (χ0) is 14.6. The summed E-state index contributed by atoms with van der Waals surface area (Å²) >= 11 is 11.9. The number of carbonyl (C=O) groups is 1. The molecule has 0 saturated carbocycles. The van der Waals surface area contributed by atoms with Gasteiger partial charge in [0, 0.05) is 17.3 Å². The predicted molar refractivity (Wildman–Crippen MR) is 80.9 cm³/mol. The van der Waals surface area contributed by atoms with E-state index in [4.69, 9.17) is 27.9 Å². The van der Waals surface area contributed by atoms with Gasteiger partial charge in [0.2, 0.25) is 0 Å². The molecular formula is C15H20Cl2O2. The molecule has 0 heterocycles. The van der Waals surface area contributed by atoms with E-state index in [0.717, 1.165) is 11.1 Å². The average Bonchev–Trinajstić information content (AvgIpc) is 2.33. The fourth-order valence-electron chi connectivity index (χ4n) is 1.85. The molecule has 0 amide bonds. The van der Waals surface area contributed by atoms with Crippen LogP contribution in [0.15, 0.2) is 6.07 Å². The van der Waals surface area contributed by atoms with Gasteiger partial charge in [-0.1, -0.05) is 25.4 Å². The van der Waals surface area contributed by atoms with Crippen LogP contribution in [-0.4, -0.2) is 18.3 Å². The Morgan fingerprint density at radius 3 is 2.53 bits per heavy atom. The van der Waals surface area contributed by atoms with Crippen LogP contribution >= 0.6 is 23.2 Å². The number of rotatable bonds is 6. The molecule has 2 nitrogen and oxygen atoms in total. The monoisotopic (exact) mass is 302 g/mol. The molecule has 0 aliphatic heterocycles. The first-order valence-corrected chi connectivity index (χ1v) is 7.31. The molecule has 0 N–H and O–H groups in total. The van der Waals surface area contributed by atoms with Crippen LogP contribution in [0.25, 0.3) is 0 Å². The molecule has 0 atom stereocenters. The summed E-state index contributed by atoms with van der Waals surface area (Å²) in [5.74, 6) is 1.29. The van der Waals surface area contributed by atoms with E-state index in [2.05, 4.69) is 13.8 Å². The number of aryl methyl sites for hydroxylation is 1. The molecule has 1 aromatic rings. The van der Waals surface area contributed by atoms with Crippen molar-refractivity contribution < 1.29 is 9.53 Å². The number of hydrogen-bond acceptors (Lipinski definition) is 2. The Morgan fingerprint density at radius 2 is 2.00 bits per heavy atom. The highest BCUT2D eigenvalue weighted by Crippen LogP contribution is 2.33. The van der Waals surface area contributed by atoms with Crippen LogP contribution < -0.4 is 4.74 Å². The number of Topliss-reactive ketones (excluding diaryl/α,β-unsaturated/α-hetero) is 1. The van der Waals surface area contributed by atoms with Gasteiger partial charge in [0.05, 0.1) is 12.2 Å². The third-order valence-electron chi connectivity index (χ3n) is 2.82. The number of alkyl halides is 1. The largest absolute Gasteiger partial charge is 0.493 e. The van der Waals surface area contributed by atoms with Gasteiger partial charge in [-0.25, -0.2) is 0 Å². The van der Waals surface area contributed by atoms with E-state index >= 15 is 0 Å². The number of halogens is 2. The molecule has 19 heavy (non-hydrogen) atoms. The van der Waals surface area contributed by atoms with Crippen LogP contribution in [0.5, 0.6) is 5.75 Å². The number of ketones is 1. The molecule has 0 aliphatic rings. The number of ether oxygens (including phenoxy) is 1. The van der Waals surface area contributed by atoms with Gasteiger partial charge in [-0.3, -0.25) is 4.79 Å². The lowest BCUT2D eigenvalue weighted by molar-refractivity contribution is 0.0984. The van der Waals surface area contributed by atoms with Gasteiger partial charge in [-0.2, -0.15) is 0 Å². The van der Waals surface area contributed by atoms with Gasteiger partial charge < -0.3 is 4.74 Å². The Morgan fingerprint density at radius 1 is 1.37 bits per heavy atom. The third-order valence-corrected chi connectivity index (χ3v) is 3.59. The molecule has 0 aliphatic carbocycles. The van der Waals surface area contributed by atoms with Gasteiger partial charge in [0.1, 0.15) is 5.75 Å². The van der Waals surface area contributed by atoms with E-state index in [-0.39, 0.29) is 5.78 Å². The number of carbonyl (C=O) groups excluding carboxylic acids is 1. The van der Waals surface area contributed by atoms with Crippen LogP contribution in [0.1, 0.15) is 41.8 Å². The smallest absolute Gasteiger partial charge is 0.168 e. The lowest BCUT2D eigenvalue weighted by Gasteiger charge is -2.17. The lowest BCUT2D eigenvalue weighted by Crippen LogP contribution is -2.11. The van der Waals surface area contributed by atoms with Gasteiger partial charge in [-0.05, 0) is 37.0 Å². The molecule has 0 saturated heterocycles. The van der Waals surface area contributed by atoms with Crippen molar-refractivity contribution in [3.05, 3.63) is 27.8 Å². The van der Waals surface area contributed by atoms with E-state index in [1.807, 2.05) is 19.9 Å². The Balaban J connectivity index is 3.22. The van der Waals surface area contributed by atoms with Crippen molar-refractivity contribution in [3.8, 4) is 5.75 Å². The van der Waals surface area contributed by atoms with Crippen molar-refractivity contribution in [2.24, 2.45) is 5.92 Å².